The van der Waals surface area contributed by atoms with Crippen molar-refractivity contribution < 1.29 is 4.79 Å². The van der Waals surface area contributed by atoms with Crippen LogP contribution in [0.2, 0.25) is 0 Å². The average molecular weight is 339 g/mol. The Morgan fingerprint density at radius 2 is 1.42 bits per heavy atom. The SMILES string of the molecule is O=C(NCc1ccccc1)c1c(-c2ccccc2)nnc2ccccc12. The number of hydrogen-bond acceptors (Lipinski definition) is 3. The topological polar surface area (TPSA) is 54.9 Å². The van der Waals surface area contributed by atoms with Gasteiger partial charge in [0.05, 0.1) is 11.1 Å². The van der Waals surface area contributed by atoms with Crippen LogP contribution in [0, 0.1) is 0 Å². The van der Waals surface area contributed by atoms with Crippen LogP contribution in [0.15, 0.2) is 84.9 Å². The summed E-state index contributed by atoms with van der Waals surface area (Å²) in [5.74, 6) is -0.154. The third-order valence-corrected chi connectivity index (χ3v) is 4.24. The average Bonchev–Trinajstić information content (AvgIpc) is 2.72. The first kappa shape index (κ1) is 16.0. The van der Waals surface area contributed by atoms with Crippen LogP contribution in [0.5, 0.6) is 0 Å². The van der Waals surface area contributed by atoms with Crippen molar-refractivity contribution in [3.8, 4) is 11.3 Å². The van der Waals surface area contributed by atoms with Gasteiger partial charge >= 0.3 is 0 Å². The predicted octanol–water partition coefficient (Wildman–Crippen LogP) is 4.23. The molecule has 4 rings (SSSR count). The summed E-state index contributed by atoms with van der Waals surface area (Å²) in [7, 11) is 0. The predicted molar refractivity (Wildman–Crippen MR) is 103 cm³/mol. The lowest BCUT2D eigenvalue weighted by Crippen LogP contribution is -2.24. The minimum Gasteiger partial charge on any atom is -0.348 e. The van der Waals surface area contributed by atoms with E-state index in [1.165, 1.54) is 0 Å². The first-order chi connectivity index (χ1) is 12.8. The lowest BCUT2D eigenvalue weighted by molar-refractivity contribution is 0.0953. The number of hydrogen-bond donors (Lipinski definition) is 1. The van der Waals surface area contributed by atoms with Gasteiger partial charge < -0.3 is 5.32 Å². The number of fused-ring (bicyclic) bond motifs is 1. The number of nitrogens with one attached hydrogen (secondary N) is 1. The van der Waals surface area contributed by atoms with Gasteiger partial charge in [-0.3, -0.25) is 4.79 Å². The van der Waals surface area contributed by atoms with Crippen molar-refractivity contribution in [2.24, 2.45) is 0 Å². The van der Waals surface area contributed by atoms with Crippen LogP contribution in [0.4, 0.5) is 0 Å². The van der Waals surface area contributed by atoms with Crippen LogP contribution < -0.4 is 5.32 Å². The molecule has 0 bridgehead atoms. The largest absolute Gasteiger partial charge is 0.348 e. The molecule has 4 aromatic rings. The van der Waals surface area contributed by atoms with E-state index < -0.39 is 0 Å². The normalized spacial score (nSPS) is 10.6. The number of nitrogens with zero attached hydrogens (tertiary/aromatic N) is 2. The maximum atomic E-state index is 13.0. The summed E-state index contributed by atoms with van der Waals surface area (Å²) in [6.07, 6.45) is 0. The number of carbonyl (C=O) groups excluding carboxylic acids is 1. The molecule has 0 fully saturated rings. The summed E-state index contributed by atoms with van der Waals surface area (Å²) >= 11 is 0. The Bertz CT molecular complexity index is 1050. The van der Waals surface area contributed by atoms with Crippen LogP contribution in [0.25, 0.3) is 22.2 Å². The van der Waals surface area contributed by atoms with Crippen LogP contribution in [0.1, 0.15) is 15.9 Å². The fraction of sp³-hybridized carbons (Fsp3) is 0.0455. The molecule has 1 amide bonds. The second kappa shape index (κ2) is 7.15. The smallest absolute Gasteiger partial charge is 0.254 e. The van der Waals surface area contributed by atoms with Crippen LogP contribution in [-0.4, -0.2) is 16.1 Å². The van der Waals surface area contributed by atoms with Crippen molar-refractivity contribution in [2.75, 3.05) is 0 Å². The Morgan fingerprint density at radius 1 is 0.769 bits per heavy atom. The molecule has 4 heteroatoms. The molecule has 126 valence electrons. The number of aromatic nitrogens is 2. The zero-order chi connectivity index (χ0) is 17.8. The van der Waals surface area contributed by atoms with E-state index in [9.17, 15) is 4.79 Å². The van der Waals surface area contributed by atoms with Gasteiger partial charge in [0.1, 0.15) is 5.69 Å². The fourth-order valence-corrected chi connectivity index (χ4v) is 2.95. The Morgan fingerprint density at radius 3 is 2.19 bits per heavy atom. The van der Waals surface area contributed by atoms with Crippen molar-refractivity contribution in [3.63, 3.8) is 0 Å². The molecule has 0 unspecified atom stereocenters. The number of amides is 1. The first-order valence-electron chi connectivity index (χ1n) is 8.46. The van der Waals surface area contributed by atoms with Crippen molar-refractivity contribution >= 4 is 16.8 Å². The molecule has 0 saturated heterocycles. The molecule has 0 atom stereocenters. The lowest BCUT2D eigenvalue weighted by atomic mass is 10.0. The van der Waals surface area contributed by atoms with Crippen LogP contribution >= 0.6 is 0 Å². The molecule has 1 N–H and O–H groups in total. The summed E-state index contributed by atoms with van der Waals surface area (Å²) in [4.78, 5) is 13.0. The standard InChI is InChI=1S/C22H17N3O/c26-22(23-15-16-9-3-1-4-10-16)20-18-13-7-8-14-19(18)24-25-21(20)17-11-5-2-6-12-17/h1-14H,15H2,(H,23,26). The molecule has 1 heterocycles. The van der Waals surface area contributed by atoms with Gasteiger partial charge in [-0.05, 0) is 11.6 Å². The third kappa shape index (κ3) is 3.17. The first-order valence-corrected chi connectivity index (χ1v) is 8.46. The molecular weight excluding hydrogens is 322 g/mol. The van der Waals surface area contributed by atoms with E-state index >= 15 is 0 Å². The molecule has 0 spiro atoms. The van der Waals surface area contributed by atoms with Gasteiger partial charge in [-0.2, -0.15) is 0 Å². The Labute approximate surface area is 151 Å². The zero-order valence-electron chi connectivity index (χ0n) is 14.1. The molecule has 26 heavy (non-hydrogen) atoms. The van der Waals surface area contributed by atoms with Gasteiger partial charge in [0.25, 0.3) is 5.91 Å². The van der Waals surface area contributed by atoms with Gasteiger partial charge in [0.15, 0.2) is 0 Å². The molecule has 0 aliphatic rings. The Kier molecular flexibility index (Phi) is 4.39. The van der Waals surface area contributed by atoms with Crippen molar-refractivity contribution in [3.05, 3.63) is 96.1 Å². The lowest BCUT2D eigenvalue weighted by Gasteiger charge is -2.12. The van der Waals surface area contributed by atoms with Gasteiger partial charge in [-0.1, -0.05) is 78.9 Å². The number of benzene rings is 3. The Balaban J connectivity index is 1.77. The van der Waals surface area contributed by atoms with Gasteiger partial charge in [0.2, 0.25) is 0 Å². The molecule has 0 aliphatic carbocycles. The highest BCUT2D eigenvalue weighted by atomic mass is 16.1. The minimum absolute atomic E-state index is 0.154. The molecule has 0 aliphatic heterocycles. The highest BCUT2D eigenvalue weighted by molar-refractivity contribution is 6.10. The van der Waals surface area contributed by atoms with E-state index in [2.05, 4.69) is 15.5 Å². The van der Waals surface area contributed by atoms with E-state index in [0.717, 1.165) is 16.5 Å². The quantitative estimate of drug-likeness (QED) is 0.605. The zero-order valence-corrected chi connectivity index (χ0v) is 14.1. The van der Waals surface area contributed by atoms with Gasteiger partial charge in [0, 0.05) is 17.5 Å². The van der Waals surface area contributed by atoms with E-state index in [4.69, 9.17) is 0 Å². The highest BCUT2D eigenvalue weighted by Gasteiger charge is 2.18. The summed E-state index contributed by atoms with van der Waals surface area (Å²) in [5.41, 5.74) is 3.77. The molecular formula is C22H17N3O. The van der Waals surface area contributed by atoms with Crippen molar-refractivity contribution in [2.45, 2.75) is 6.54 Å². The minimum atomic E-state index is -0.154. The van der Waals surface area contributed by atoms with E-state index in [-0.39, 0.29) is 5.91 Å². The van der Waals surface area contributed by atoms with Gasteiger partial charge in [-0.15, -0.1) is 10.2 Å². The summed E-state index contributed by atoms with van der Waals surface area (Å²) in [5, 5.41) is 12.4. The maximum absolute atomic E-state index is 13.0. The summed E-state index contributed by atoms with van der Waals surface area (Å²) in [6.45, 7) is 0.463. The molecule has 0 saturated carbocycles. The summed E-state index contributed by atoms with van der Waals surface area (Å²) < 4.78 is 0. The van der Waals surface area contributed by atoms with Crippen molar-refractivity contribution in [1.29, 1.82) is 0 Å². The van der Waals surface area contributed by atoms with E-state index in [1.54, 1.807) is 0 Å². The Hall–Kier alpha value is -3.53. The van der Waals surface area contributed by atoms with E-state index in [1.807, 2.05) is 84.9 Å². The molecule has 4 nitrogen and oxygen atoms in total. The van der Waals surface area contributed by atoms with Gasteiger partial charge in [-0.25, -0.2) is 0 Å². The number of rotatable bonds is 4. The summed E-state index contributed by atoms with van der Waals surface area (Å²) in [6, 6.07) is 27.1. The van der Waals surface area contributed by atoms with Crippen LogP contribution in [0.3, 0.4) is 0 Å². The monoisotopic (exact) mass is 339 g/mol. The van der Waals surface area contributed by atoms with Crippen molar-refractivity contribution in [1.82, 2.24) is 15.5 Å². The van der Waals surface area contributed by atoms with Crippen LogP contribution in [-0.2, 0) is 6.54 Å². The molecule has 0 radical (unpaired) electrons. The highest BCUT2D eigenvalue weighted by Crippen LogP contribution is 2.26. The fourth-order valence-electron chi connectivity index (χ4n) is 2.95. The maximum Gasteiger partial charge on any atom is 0.254 e. The number of carbonyl (C=O) groups is 1. The second-order valence-corrected chi connectivity index (χ2v) is 5.98. The second-order valence-electron chi connectivity index (χ2n) is 5.98. The molecule has 3 aromatic carbocycles. The van der Waals surface area contributed by atoms with E-state index in [0.29, 0.717) is 23.3 Å². The molecule has 1 aromatic heterocycles. The third-order valence-electron chi connectivity index (χ3n) is 4.24.